The molecule has 1 saturated carbocycles. The fraction of sp³-hybridized carbons (Fsp3) is 0.310. The van der Waals surface area contributed by atoms with Gasteiger partial charge in [-0.25, -0.2) is 13.4 Å². The number of alkyl halides is 2. The number of rotatable bonds is 11. The summed E-state index contributed by atoms with van der Waals surface area (Å²) in [5, 5.41) is 3.15. The number of hydrogen-bond donors (Lipinski definition) is 2. The van der Waals surface area contributed by atoms with E-state index in [4.69, 9.17) is 28.2 Å². The van der Waals surface area contributed by atoms with E-state index in [1.165, 1.54) is 13.0 Å². The molecular weight excluding hydrogens is 595 g/mol. The van der Waals surface area contributed by atoms with Crippen molar-refractivity contribution in [3.63, 3.8) is 0 Å². The molecule has 1 heterocycles. The number of nitrogens with zero attached hydrogens (tertiary/aromatic N) is 1. The Morgan fingerprint density at radius 2 is 1.85 bits per heavy atom. The van der Waals surface area contributed by atoms with Crippen LogP contribution in [-0.4, -0.2) is 43.2 Å². The van der Waals surface area contributed by atoms with Crippen LogP contribution in [0.15, 0.2) is 59.5 Å². The van der Waals surface area contributed by atoms with Crippen LogP contribution in [0.4, 0.5) is 8.78 Å². The van der Waals surface area contributed by atoms with Crippen molar-refractivity contribution in [2.24, 2.45) is 5.92 Å². The fourth-order valence-electron chi connectivity index (χ4n) is 4.84. The zero-order valence-corrected chi connectivity index (χ0v) is 24.3. The number of halogens is 4. The Morgan fingerprint density at radius 1 is 1.15 bits per heavy atom. The molecule has 1 aliphatic carbocycles. The van der Waals surface area contributed by atoms with Crippen LogP contribution in [0.2, 0.25) is 10.0 Å². The molecule has 1 atom stereocenters. The summed E-state index contributed by atoms with van der Waals surface area (Å²) in [6, 6.07) is 14.5. The number of para-hydroxylation sites is 1. The van der Waals surface area contributed by atoms with E-state index in [1.54, 1.807) is 48.5 Å². The van der Waals surface area contributed by atoms with Crippen molar-refractivity contribution in [1.82, 2.24) is 15.3 Å². The van der Waals surface area contributed by atoms with E-state index in [0.29, 0.717) is 41.0 Å². The lowest BCUT2D eigenvalue weighted by molar-refractivity contribution is -0.118. The van der Waals surface area contributed by atoms with E-state index in [0.717, 1.165) is 18.4 Å². The fourth-order valence-corrected chi connectivity index (χ4v) is 7.23. The number of aromatic nitrogens is 2. The number of H-pyrrole nitrogens is 1. The zero-order chi connectivity index (χ0) is 29.3. The number of ether oxygens (including phenoxy) is 1. The van der Waals surface area contributed by atoms with Crippen LogP contribution in [-0.2, 0) is 14.6 Å². The number of sulfone groups is 1. The Labute approximate surface area is 246 Å². The van der Waals surface area contributed by atoms with Crippen LogP contribution in [0.5, 0.6) is 5.75 Å². The maximum Gasteiger partial charge on any atom is 0.387 e. The first-order valence-corrected chi connectivity index (χ1v) is 15.4. The highest BCUT2D eigenvalue weighted by atomic mass is 35.5. The van der Waals surface area contributed by atoms with Gasteiger partial charge in [-0.05, 0) is 55.0 Å². The van der Waals surface area contributed by atoms with Gasteiger partial charge in [0, 0.05) is 30.5 Å². The molecular formula is C29H27Cl2F2N3O4S. The average Bonchev–Trinajstić information content (AvgIpc) is 3.62. The number of nitrogens with one attached hydrogen (secondary N) is 2. The van der Waals surface area contributed by atoms with Crippen molar-refractivity contribution in [2.45, 2.75) is 43.6 Å². The summed E-state index contributed by atoms with van der Waals surface area (Å²) in [7, 11) is -3.38. The number of amides is 1. The normalized spacial score (nSPS) is 14.4. The molecule has 0 spiro atoms. The van der Waals surface area contributed by atoms with Crippen molar-refractivity contribution < 1.29 is 26.7 Å². The highest BCUT2D eigenvalue weighted by Gasteiger charge is 2.29. The smallest absolute Gasteiger partial charge is 0.387 e. The van der Waals surface area contributed by atoms with Gasteiger partial charge in [-0.1, -0.05) is 53.5 Å². The van der Waals surface area contributed by atoms with Crippen LogP contribution in [0, 0.1) is 5.92 Å². The number of carbonyl (C=O) groups is 1. The molecule has 1 aliphatic rings. The van der Waals surface area contributed by atoms with Crippen molar-refractivity contribution in [1.29, 1.82) is 0 Å². The van der Waals surface area contributed by atoms with Crippen LogP contribution in [0.1, 0.15) is 43.5 Å². The van der Waals surface area contributed by atoms with E-state index in [1.807, 2.05) is 0 Å². The largest absolute Gasteiger partial charge is 0.434 e. The van der Waals surface area contributed by atoms with E-state index < -0.39 is 16.4 Å². The van der Waals surface area contributed by atoms with Crippen LogP contribution in [0.3, 0.4) is 0 Å². The molecule has 0 radical (unpaired) electrons. The summed E-state index contributed by atoms with van der Waals surface area (Å²) in [5.41, 5.74) is 2.28. The van der Waals surface area contributed by atoms with Gasteiger partial charge in [-0.15, -0.1) is 0 Å². The first-order chi connectivity index (χ1) is 19.5. The van der Waals surface area contributed by atoms with Gasteiger partial charge in [0.2, 0.25) is 5.91 Å². The number of aromatic amines is 1. The van der Waals surface area contributed by atoms with Gasteiger partial charge in [0.25, 0.3) is 0 Å². The third-order valence-electron chi connectivity index (χ3n) is 6.99. The lowest BCUT2D eigenvalue weighted by Gasteiger charge is -2.16. The molecule has 2 N–H and O–H groups in total. The Bertz CT molecular complexity index is 1690. The maximum atomic E-state index is 13.1. The lowest BCUT2D eigenvalue weighted by atomic mass is 9.95. The highest BCUT2D eigenvalue weighted by Crippen LogP contribution is 2.44. The van der Waals surface area contributed by atoms with Crippen LogP contribution < -0.4 is 10.1 Å². The average molecular weight is 623 g/mol. The molecule has 1 fully saturated rings. The van der Waals surface area contributed by atoms with Crippen LogP contribution >= 0.6 is 23.2 Å². The molecule has 0 bridgehead atoms. The maximum absolute atomic E-state index is 13.1. The molecule has 7 nitrogen and oxygen atoms in total. The van der Waals surface area contributed by atoms with Crippen molar-refractivity contribution in [2.75, 3.05) is 12.3 Å². The van der Waals surface area contributed by atoms with Crippen molar-refractivity contribution >= 4 is 50.0 Å². The highest BCUT2D eigenvalue weighted by molar-refractivity contribution is 7.91. The summed E-state index contributed by atoms with van der Waals surface area (Å²) >= 11 is 13.4. The Hall–Kier alpha value is -3.21. The van der Waals surface area contributed by atoms with Crippen molar-refractivity contribution in [3.8, 4) is 16.9 Å². The van der Waals surface area contributed by atoms with Gasteiger partial charge in [-0.2, -0.15) is 8.78 Å². The predicted molar refractivity (Wildman–Crippen MR) is 155 cm³/mol. The number of imidazole rings is 1. The third-order valence-corrected chi connectivity index (χ3v) is 9.56. The molecule has 1 unspecified atom stereocenters. The zero-order valence-electron chi connectivity index (χ0n) is 22.0. The third kappa shape index (κ3) is 6.66. The van der Waals surface area contributed by atoms with E-state index >= 15 is 0 Å². The molecule has 41 heavy (non-hydrogen) atoms. The first kappa shape index (κ1) is 29.3. The summed E-state index contributed by atoms with van der Waals surface area (Å²) in [6.45, 7) is -1.26. The monoisotopic (exact) mass is 621 g/mol. The van der Waals surface area contributed by atoms with Gasteiger partial charge in [0.15, 0.2) is 9.84 Å². The van der Waals surface area contributed by atoms with Gasteiger partial charge < -0.3 is 15.0 Å². The molecule has 3 aromatic carbocycles. The lowest BCUT2D eigenvalue weighted by Crippen LogP contribution is -2.23. The van der Waals surface area contributed by atoms with Gasteiger partial charge in [-0.3, -0.25) is 4.79 Å². The summed E-state index contributed by atoms with van der Waals surface area (Å²) < 4.78 is 56.3. The predicted octanol–water partition coefficient (Wildman–Crippen LogP) is 6.98. The molecule has 12 heteroatoms. The minimum Gasteiger partial charge on any atom is -0.434 e. The van der Waals surface area contributed by atoms with Gasteiger partial charge in [0.1, 0.15) is 17.1 Å². The van der Waals surface area contributed by atoms with E-state index in [9.17, 15) is 22.0 Å². The van der Waals surface area contributed by atoms with Crippen molar-refractivity contribution in [3.05, 3.63) is 76.0 Å². The van der Waals surface area contributed by atoms with Gasteiger partial charge in [0.05, 0.1) is 26.2 Å². The summed E-state index contributed by atoms with van der Waals surface area (Å²) in [6.07, 6.45) is 2.33. The second-order valence-electron chi connectivity index (χ2n) is 10.1. The number of hydrogen-bond acceptors (Lipinski definition) is 5. The van der Waals surface area contributed by atoms with Gasteiger partial charge >= 0.3 is 6.61 Å². The molecule has 1 aromatic heterocycles. The number of benzene rings is 3. The molecule has 0 aliphatic heterocycles. The quantitative estimate of drug-likeness (QED) is 0.188. The Balaban J connectivity index is 1.54. The van der Waals surface area contributed by atoms with E-state index in [2.05, 4.69) is 15.0 Å². The second-order valence-corrected chi connectivity index (χ2v) is 12.9. The molecule has 216 valence electrons. The molecule has 1 amide bonds. The van der Waals surface area contributed by atoms with E-state index in [-0.39, 0.29) is 44.2 Å². The number of fused-ring (bicyclic) bond motifs is 1. The first-order valence-electron chi connectivity index (χ1n) is 13.0. The van der Waals surface area contributed by atoms with Crippen LogP contribution in [0.25, 0.3) is 22.2 Å². The standard InChI is InChI=1S/C29H27Cl2F2N3O4S/c1-16(37)34-13-12-20(18-8-10-19(11-9-18)41(38,39)15-17-6-7-17)28-35-23-14-22(30)25(26(31)27(23)36-28)21-4-2-3-5-24(21)40-29(32)33/h2-5,8-11,14,17,20,29H,6-7,12-13,15H2,1H3,(H,34,37)(H,35,36). The Kier molecular flexibility index (Phi) is 8.54. The molecule has 0 saturated heterocycles. The SMILES string of the molecule is CC(=O)NCCC(c1ccc(S(=O)(=O)CC2CC2)cc1)c1nc2c(Cl)c(-c3ccccc3OC(F)F)c(Cl)cc2[nH]1. The minimum atomic E-state index is -3.38. The summed E-state index contributed by atoms with van der Waals surface area (Å²) in [4.78, 5) is 19.8. The summed E-state index contributed by atoms with van der Waals surface area (Å²) in [5.74, 6) is 0.282. The topological polar surface area (TPSA) is 101 Å². The number of carbonyl (C=O) groups excluding carboxylic acids is 1. The molecule has 4 aromatic rings. The Morgan fingerprint density at radius 3 is 2.51 bits per heavy atom. The second kappa shape index (κ2) is 12.0. The molecule has 5 rings (SSSR count). The minimum absolute atomic E-state index is 0.0775.